The summed E-state index contributed by atoms with van der Waals surface area (Å²) in [7, 11) is 0. The number of benzene rings is 1. The predicted molar refractivity (Wildman–Crippen MR) is 81.7 cm³/mol. The average molecular weight is 316 g/mol. The van der Waals surface area contributed by atoms with Crippen LogP contribution in [0, 0.1) is 0 Å². The zero-order chi connectivity index (χ0) is 12.7. The molecule has 96 valence electrons. The number of thioether (sulfide) groups is 1. The van der Waals surface area contributed by atoms with Crippen LogP contribution in [-0.2, 0) is 6.54 Å². The van der Waals surface area contributed by atoms with Crippen LogP contribution < -0.4 is 5.32 Å². The number of rotatable bonds is 7. The van der Waals surface area contributed by atoms with Crippen LogP contribution in [0.3, 0.4) is 0 Å². The first kappa shape index (κ1) is 15.1. The van der Waals surface area contributed by atoms with Crippen LogP contribution in [0.1, 0.15) is 39.2 Å². The van der Waals surface area contributed by atoms with Crippen LogP contribution >= 0.6 is 27.7 Å². The molecule has 0 heterocycles. The Hall–Kier alpha value is 0.01000. The van der Waals surface area contributed by atoms with Crippen LogP contribution in [0.4, 0.5) is 0 Å². The normalized spacial score (nSPS) is 11.1. The van der Waals surface area contributed by atoms with Crippen molar-refractivity contribution in [2.75, 3.05) is 5.75 Å². The number of hydrogen-bond donors (Lipinski definition) is 1. The summed E-state index contributed by atoms with van der Waals surface area (Å²) in [6, 6.07) is 7.20. The molecular formula is C14H22BrNS. The average Bonchev–Trinajstić information content (AvgIpc) is 2.29. The fourth-order valence-electron chi connectivity index (χ4n) is 1.42. The molecular weight excluding hydrogens is 294 g/mol. The zero-order valence-corrected chi connectivity index (χ0v) is 13.3. The molecule has 1 N–H and O–H groups in total. The summed E-state index contributed by atoms with van der Waals surface area (Å²) in [6.07, 6.45) is 2.55. The Kier molecular flexibility index (Phi) is 7.24. The molecule has 0 bridgehead atoms. The first-order chi connectivity index (χ1) is 8.13. The molecule has 0 aliphatic heterocycles. The maximum atomic E-state index is 3.66. The summed E-state index contributed by atoms with van der Waals surface area (Å²) in [5, 5.41) is 3.43. The van der Waals surface area contributed by atoms with E-state index in [9.17, 15) is 0 Å². The van der Waals surface area contributed by atoms with E-state index in [1.807, 2.05) is 11.8 Å². The summed E-state index contributed by atoms with van der Waals surface area (Å²) in [5.74, 6) is 1.21. The Morgan fingerprint density at radius 2 is 2.12 bits per heavy atom. The number of unbranched alkanes of at least 4 members (excludes halogenated alkanes) is 1. The van der Waals surface area contributed by atoms with Gasteiger partial charge in [-0.15, -0.1) is 11.8 Å². The molecule has 1 aromatic carbocycles. The summed E-state index contributed by atoms with van der Waals surface area (Å²) in [4.78, 5) is 1.35. The smallest absolute Gasteiger partial charge is 0.0314 e. The molecule has 0 unspecified atom stereocenters. The van der Waals surface area contributed by atoms with Gasteiger partial charge in [-0.1, -0.05) is 33.3 Å². The highest BCUT2D eigenvalue weighted by molar-refractivity contribution is 9.10. The lowest BCUT2D eigenvalue weighted by atomic mass is 10.2. The van der Waals surface area contributed by atoms with Crippen molar-refractivity contribution in [1.82, 2.24) is 5.32 Å². The lowest BCUT2D eigenvalue weighted by Crippen LogP contribution is -2.21. The van der Waals surface area contributed by atoms with E-state index < -0.39 is 0 Å². The van der Waals surface area contributed by atoms with Gasteiger partial charge in [-0.3, -0.25) is 0 Å². The highest BCUT2D eigenvalue weighted by Gasteiger charge is 2.02. The van der Waals surface area contributed by atoms with Crippen molar-refractivity contribution in [1.29, 1.82) is 0 Å². The number of nitrogens with one attached hydrogen (secondary N) is 1. The van der Waals surface area contributed by atoms with E-state index in [1.165, 1.54) is 33.5 Å². The van der Waals surface area contributed by atoms with Gasteiger partial charge in [0.2, 0.25) is 0 Å². The number of halogens is 1. The van der Waals surface area contributed by atoms with E-state index in [1.54, 1.807) is 0 Å². The van der Waals surface area contributed by atoms with Gasteiger partial charge in [0.15, 0.2) is 0 Å². The minimum Gasteiger partial charge on any atom is -0.310 e. The molecule has 1 rings (SSSR count). The van der Waals surface area contributed by atoms with Crippen LogP contribution in [0.15, 0.2) is 27.6 Å². The topological polar surface area (TPSA) is 12.0 Å². The van der Waals surface area contributed by atoms with E-state index >= 15 is 0 Å². The third-order valence-corrected chi connectivity index (χ3v) is 4.54. The molecule has 0 aliphatic carbocycles. The van der Waals surface area contributed by atoms with Crippen LogP contribution in [-0.4, -0.2) is 11.8 Å². The first-order valence-corrected chi connectivity index (χ1v) is 8.06. The molecule has 0 fully saturated rings. The molecule has 0 aliphatic rings. The Balaban J connectivity index is 2.53. The van der Waals surface area contributed by atoms with Gasteiger partial charge in [0, 0.05) is 22.0 Å². The molecule has 0 spiro atoms. The quantitative estimate of drug-likeness (QED) is 0.571. The first-order valence-electron chi connectivity index (χ1n) is 6.28. The molecule has 1 aromatic rings. The van der Waals surface area contributed by atoms with Crippen LogP contribution in [0.25, 0.3) is 0 Å². The van der Waals surface area contributed by atoms with Gasteiger partial charge in [-0.25, -0.2) is 0 Å². The molecule has 0 saturated heterocycles. The largest absolute Gasteiger partial charge is 0.310 e. The molecule has 0 amide bonds. The SMILES string of the molecule is CCCCSc1ccc(CNC(C)C)cc1Br. The molecule has 0 aromatic heterocycles. The molecule has 17 heavy (non-hydrogen) atoms. The highest BCUT2D eigenvalue weighted by atomic mass is 79.9. The van der Waals surface area contributed by atoms with Crippen molar-refractivity contribution in [2.24, 2.45) is 0 Å². The molecule has 3 heteroatoms. The Morgan fingerprint density at radius 3 is 2.71 bits per heavy atom. The third-order valence-electron chi connectivity index (χ3n) is 2.47. The van der Waals surface area contributed by atoms with Crippen molar-refractivity contribution in [3.63, 3.8) is 0 Å². The van der Waals surface area contributed by atoms with Gasteiger partial charge < -0.3 is 5.32 Å². The van der Waals surface area contributed by atoms with Gasteiger partial charge in [-0.2, -0.15) is 0 Å². The minimum atomic E-state index is 0.535. The third kappa shape index (κ3) is 5.94. The van der Waals surface area contributed by atoms with Gasteiger partial charge in [0.1, 0.15) is 0 Å². The molecule has 1 nitrogen and oxygen atoms in total. The second-order valence-corrected chi connectivity index (χ2v) is 6.49. The maximum absolute atomic E-state index is 3.66. The van der Waals surface area contributed by atoms with Gasteiger partial charge in [0.05, 0.1) is 0 Å². The van der Waals surface area contributed by atoms with Crippen molar-refractivity contribution in [3.8, 4) is 0 Å². The number of hydrogen-bond acceptors (Lipinski definition) is 2. The summed E-state index contributed by atoms with van der Waals surface area (Å²) in [5.41, 5.74) is 1.34. The second kappa shape index (κ2) is 8.17. The summed E-state index contributed by atoms with van der Waals surface area (Å²) >= 11 is 5.60. The summed E-state index contributed by atoms with van der Waals surface area (Å²) in [6.45, 7) is 7.51. The standard InChI is InChI=1S/C14H22BrNS/c1-4-5-8-17-14-7-6-12(9-13(14)15)10-16-11(2)3/h6-7,9,11,16H,4-5,8,10H2,1-3H3. The lowest BCUT2D eigenvalue weighted by Gasteiger charge is -2.10. The highest BCUT2D eigenvalue weighted by Crippen LogP contribution is 2.29. The van der Waals surface area contributed by atoms with E-state index in [4.69, 9.17) is 0 Å². The monoisotopic (exact) mass is 315 g/mol. The van der Waals surface area contributed by atoms with E-state index in [-0.39, 0.29) is 0 Å². The Morgan fingerprint density at radius 1 is 1.35 bits per heavy atom. The van der Waals surface area contributed by atoms with Crippen molar-refractivity contribution in [2.45, 2.75) is 51.1 Å². The maximum Gasteiger partial charge on any atom is 0.0314 e. The van der Waals surface area contributed by atoms with Crippen molar-refractivity contribution >= 4 is 27.7 Å². The Labute approximate surface area is 118 Å². The minimum absolute atomic E-state index is 0.535. The van der Waals surface area contributed by atoms with E-state index in [0.29, 0.717) is 6.04 Å². The molecule has 0 atom stereocenters. The Bertz CT molecular complexity index is 339. The van der Waals surface area contributed by atoms with Crippen molar-refractivity contribution in [3.05, 3.63) is 28.2 Å². The second-order valence-electron chi connectivity index (χ2n) is 4.50. The molecule has 0 radical (unpaired) electrons. The predicted octanol–water partition coefficient (Wildman–Crippen LogP) is 4.84. The van der Waals surface area contributed by atoms with Crippen LogP contribution in [0.2, 0.25) is 0 Å². The lowest BCUT2D eigenvalue weighted by molar-refractivity contribution is 0.588. The van der Waals surface area contributed by atoms with Gasteiger partial charge in [0.25, 0.3) is 0 Å². The fourth-order valence-corrected chi connectivity index (χ4v) is 3.20. The van der Waals surface area contributed by atoms with E-state index in [2.05, 4.69) is 60.2 Å². The van der Waals surface area contributed by atoms with E-state index in [0.717, 1.165) is 6.54 Å². The van der Waals surface area contributed by atoms with Gasteiger partial charge in [-0.05, 0) is 45.8 Å². The molecule has 0 saturated carbocycles. The van der Waals surface area contributed by atoms with Crippen molar-refractivity contribution < 1.29 is 0 Å². The van der Waals surface area contributed by atoms with Crippen LogP contribution in [0.5, 0.6) is 0 Å². The summed E-state index contributed by atoms with van der Waals surface area (Å²) < 4.78 is 1.22. The van der Waals surface area contributed by atoms with Gasteiger partial charge >= 0.3 is 0 Å². The zero-order valence-electron chi connectivity index (χ0n) is 10.9. The fraction of sp³-hybridized carbons (Fsp3) is 0.571.